The first kappa shape index (κ1) is 14.1. The van der Waals surface area contributed by atoms with Gasteiger partial charge in [0.2, 0.25) is 0 Å². The van der Waals surface area contributed by atoms with Gasteiger partial charge in [-0.15, -0.1) is 0 Å². The van der Waals surface area contributed by atoms with Crippen molar-refractivity contribution in [3.8, 4) is 0 Å². The second-order valence-corrected chi connectivity index (χ2v) is 5.94. The average Bonchev–Trinajstić information content (AvgIpc) is 3.07. The van der Waals surface area contributed by atoms with Crippen LogP contribution in [0, 0.1) is 0 Å². The molecule has 0 aliphatic rings. The summed E-state index contributed by atoms with van der Waals surface area (Å²) in [5, 5.41) is 4.65. The van der Waals surface area contributed by atoms with Gasteiger partial charge in [-0.1, -0.05) is 15.9 Å². The lowest BCUT2D eigenvalue weighted by molar-refractivity contribution is 0.0929. The summed E-state index contributed by atoms with van der Waals surface area (Å²) < 4.78 is 12.1. The van der Waals surface area contributed by atoms with Gasteiger partial charge in [0.1, 0.15) is 5.58 Å². The maximum Gasteiger partial charge on any atom is 0.307 e. The quantitative estimate of drug-likeness (QED) is 0.515. The minimum absolute atomic E-state index is 0.188. The topological polar surface area (TPSA) is 67.7 Å². The number of hydrazone groups is 1. The summed E-state index contributed by atoms with van der Waals surface area (Å²) >= 11 is 6.78. The number of hydrogen-bond donors (Lipinski definition) is 1. The molecule has 0 bridgehead atoms. The van der Waals surface area contributed by atoms with Gasteiger partial charge in [-0.25, -0.2) is 5.43 Å². The number of nitrogens with zero attached hydrogens (tertiary/aromatic N) is 1. The summed E-state index contributed by atoms with van der Waals surface area (Å²) in [6.45, 7) is 0. The maximum atomic E-state index is 12.0. The Bertz CT molecular complexity index is 822. The zero-order valence-electron chi connectivity index (χ0n) is 10.5. The van der Waals surface area contributed by atoms with Crippen molar-refractivity contribution in [1.29, 1.82) is 0 Å². The smallest absolute Gasteiger partial charge is 0.307 e. The molecule has 0 aliphatic carbocycles. The van der Waals surface area contributed by atoms with Gasteiger partial charge in [0, 0.05) is 15.4 Å². The van der Waals surface area contributed by atoms with Crippen molar-refractivity contribution in [2.24, 2.45) is 5.10 Å². The zero-order valence-corrected chi connectivity index (χ0v) is 13.6. The van der Waals surface area contributed by atoms with E-state index in [-0.39, 0.29) is 5.76 Å². The second-order valence-electron chi connectivity index (χ2n) is 4.17. The molecular formula is C14H8Br2N2O3. The highest BCUT2D eigenvalue weighted by molar-refractivity contribution is 9.11. The first-order chi connectivity index (χ1) is 10.1. The fraction of sp³-hybridized carbons (Fsp3) is 0. The maximum absolute atomic E-state index is 12.0. The molecule has 3 rings (SSSR count). The van der Waals surface area contributed by atoms with Crippen LogP contribution in [0.1, 0.15) is 16.1 Å². The van der Waals surface area contributed by atoms with E-state index in [1.165, 1.54) is 18.7 Å². The molecule has 1 amide bonds. The van der Waals surface area contributed by atoms with Crippen molar-refractivity contribution in [3.63, 3.8) is 0 Å². The number of amides is 1. The van der Waals surface area contributed by atoms with Crippen molar-refractivity contribution >= 4 is 55.0 Å². The van der Waals surface area contributed by atoms with Crippen molar-refractivity contribution in [2.45, 2.75) is 0 Å². The Morgan fingerprint density at radius 1 is 1.29 bits per heavy atom. The van der Waals surface area contributed by atoms with E-state index in [1.807, 2.05) is 12.1 Å². The minimum atomic E-state index is -0.422. The largest absolute Gasteiger partial charge is 0.472 e. The SMILES string of the molecule is O=C(N/N=C\c1ccoc1)c1cc2cc(Br)cc(Br)c2o1. The van der Waals surface area contributed by atoms with E-state index < -0.39 is 5.91 Å². The molecule has 0 saturated carbocycles. The lowest BCUT2D eigenvalue weighted by Crippen LogP contribution is -2.16. The average molecular weight is 412 g/mol. The zero-order chi connectivity index (χ0) is 14.8. The molecule has 0 atom stereocenters. The number of carbonyl (C=O) groups is 1. The number of carbonyl (C=O) groups excluding carboxylic acids is 1. The van der Waals surface area contributed by atoms with Gasteiger partial charge in [-0.3, -0.25) is 4.79 Å². The highest BCUT2D eigenvalue weighted by Gasteiger charge is 2.14. The van der Waals surface area contributed by atoms with Crippen molar-refractivity contribution in [3.05, 3.63) is 57.1 Å². The van der Waals surface area contributed by atoms with Gasteiger partial charge >= 0.3 is 5.91 Å². The number of furan rings is 2. The van der Waals surface area contributed by atoms with Crippen molar-refractivity contribution in [1.82, 2.24) is 5.43 Å². The summed E-state index contributed by atoms with van der Waals surface area (Å²) in [6, 6.07) is 7.11. The Morgan fingerprint density at radius 3 is 2.90 bits per heavy atom. The molecule has 0 fully saturated rings. The van der Waals surface area contributed by atoms with Crippen LogP contribution >= 0.6 is 31.9 Å². The summed E-state index contributed by atoms with van der Waals surface area (Å²) in [4.78, 5) is 12.0. The minimum Gasteiger partial charge on any atom is -0.472 e. The molecule has 5 nitrogen and oxygen atoms in total. The Labute approximate surface area is 136 Å². The molecular weight excluding hydrogens is 404 g/mol. The van der Waals surface area contributed by atoms with Gasteiger partial charge in [0.25, 0.3) is 0 Å². The van der Waals surface area contributed by atoms with Gasteiger partial charge < -0.3 is 8.83 Å². The first-order valence-corrected chi connectivity index (χ1v) is 7.46. The van der Waals surface area contributed by atoms with Crippen molar-refractivity contribution < 1.29 is 13.6 Å². The van der Waals surface area contributed by atoms with E-state index in [0.717, 1.165) is 19.9 Å². The summed E-state index contributed by atoms with van der Waals surface area (Å²) in [7, 11) is 0. The van der Waals surface area contributed by atoms with Crippen LogP contribution in [0.25, 0.3) is 11.0 Å². The molecule has 21 heavy (non-hydrogen) atoms. The lowest BCUT2D eigenvalue weighted by atomic mass is 10.2. The molecule has 0 unspecified atom stereocenters. The number of halogens is 2. The van der Waals surface area contributed by atoms with Crippen LogP contribution in [0.2, 0.25) is 0 Å². The van der Waals surface area contributed by atoms with Crippen LogP contribution in [0.3, 0.4) is 0 Å². The van der Waals surface area contributed by atoms with E-state index in [9.17, 15) is 4.79 Å². The third-order valence-electron chi connectivity index (χ3n) is 2.68. The van der Waals surface area contributed by atoms with Crippen LogP contribution in [-0.4, -0.2) is 12.1 Å². The van der Waals surface area contributed by atoms with Gasteiger partial charge in [0.15, 0.2) is 5.76 Å². The van der Waals surface area contributed by atoms with Crippen LogP contribution in [-0.2, 0) is 0 Å². The molecule has 1 aromatic carbocycles. The molecule has 0 aliphatic heterocycles. The third-order valence-corrected chi connectivity index (χ3v) is 3.73. The van der Waals surface area contributed by atoms with Gasteiger partial charge in [-0.05, 0) is 40.2 Å². The van der Waals surface area contributed by atoms with E-state index in [0.29, 0.717) is 5.58 Å². The highest BCUT2D eigenvalue weighted by Crippen LogP contribution is 2.30. The fourth-order valence-electron chi connectivity index (χ4n) is 1.76. The summed E-state index contributed by atoms with van der Waals surface area (Å²) in [5.74, 6) is -0.234. The Balaban J connectivity index is 1.80. The van der Waals surface area contributed by atoms with Gasteiger partial charge in [0.05, 0.1) is 23.2 Å². The highest BCUT2D eigenvalue weighted by atomic mass is 79.9. The van der Waals surface area contributed by atoms with Crippen LogP contribution in [0.4, 0.5) is 0 Å². The van der Waals surface area contributed by atoms with E-state index >= 15 is 0 Å². The number of fused-ring (bicyclic) bond motifs is 1. The van der Waals surface area contributed by atoms with E-state index in [1.54, 1.807) is 12.1 Å². The normalized spacial score (nSPS) is 11.3. The number of nitrogens with one attached hydrogen (secondary N) is 1. The fourth-order valence-corrected chi connectivity index (χ4v) is 3.10. The molecule has 0 saturated heterocycles. The Morgan fingerprint density at radius 2 is 2.14 bits per heavy atom. The summed E-state index contributed by atoms with van der Waals surface area (Å²) in [6.07, 6.45) is 4.53. The molecule has 7 heteroatoms. The molecule has 2 aromatic heterocycles. The monoisotopic (exact) mass is 410 g/mol. The Hall–Kier alpha value is -1.86. The number of rotatable bonds is 3. The predicted molar refractivity (Wildman–Crippen MR) is 85.4 cm³/mol. The number of benzene rings is 1. The molecule has 3 aromatic rings. The van der Waals surface area contributed by atoms with Crippen LogP contribution in [0.15, 0.2) is 59.7 Å². The third kappa shape index (κ3) is 3.08. The molecule has 2 heterocycles. The van der Waals surface area contributed by atoms with Crippen LogP contribution in [0.5, 0.6) is 0 Å². The molecule has 0 radical (unpaired) electrons. The second kappa shape index (κ2) is 5.87. The standard InChI is InChI=1S/C14H8Br2N2O3/c15-10-3-9-4-12(21-13(9)11(16)5-10)14(19)18-17-6-8-1-2-20-7-8/h1-7H,(H,18,19)/b17-6-. The van der Waals surface area contributed by atoms with Gasteiger partial charge in [-0.2, -0.15) is 5.10 Å². The number of hydrogen-bond acceptors (Lipinski definition) is 4. The van der Waals surface area contributed by atoms with Crippen LogP contribution < -0.4 is 5.43 Å². The van der Waals surface area contributed by atoms with E-state index in [4.69, 9.17) is 8.83 Å². The first-order valence-electron chi connectivity index (χ1n) is 5.87. The predicted octanol–water partition coefficient (Wildman–Crippen LogP) is 4.31. The molecule has 106 valence electrons. The van der Waals surface area contributed by atoms with Crippen molar-refractivity contribution in [2.75, 3.05) is 0 Å². The van der Waals surface area contributed by atoms with E-state index in [2.05, 4.69) is 42.4 Å². The summed E-state index contributed by atoms with van der Waals surface area (Å²) in [5.41, 5.74) is 3.77. The Kier molecular flexibility index (Phi) is 3.94. The molecule has 0 spiro atoms. The lowest BCUT2D eigenvalue weighted by Gasteiger charge is -1.95. The molecule has 1 N–H and O–H groups in total.